The van der Waals surface area contributed by atoms with Crippen molar-refractivity contribution < 1.29 is 0 Å². The fourth-order valence-electron chi connectivity index (χ4n) is 2.81. The Hall–Kier alpha value is -0.280. The van der Waals surface area contributed by atoms with E-state index in [0.29, 0.717) is 17.1 Å². The molecule has 0 aliphatic carbocycles. The van der Waals surface area contributed by atoms with Gasteiger partial charge in [-0.25, -0.2) is 0 Å². The predicted molar refractivity (Wildman–Crippen MR) is 87.9 cm³/mol. The molecule has 1 aromatic rings. The molecule has 2 nitrogen and oxygen atoms in total. The Morgan fingerprint density at radius 1 is 1.35 bits per heavy atom. The molecule has 0 amide bonds. The third-order valence-corrected chi connectivity index (χ3v) is 4.54. The zero-order valence-electron chi connectivity index (χ0n) is 12.1. The first-order valence-corrected chi connectivity index (χ1v) is 8.31. The summed E-state index contributed by atoms with van der Waals surface area (Å²) in [6, 6.07) is 6.95. The molecule has 1 aromatic carbocycles. The lowest BCUT2D eigenvalue weighted by atomic mass is 9.99. The number of benzene rings is 1. The van der Waals surface area contributed by atoms with Gasteiger partial charge >= 0.3 is 0 Å². The number of nitrogens with one attached hydrogen (secondary N) is 2. The van der Waals surface area contributed by atoms with Gasteiger partial charge in [0.25, 0.3) is 0 Å². The first kappa shape index (κ1) is 16.1. The second-order valence-electron chi connectivity index (χ2n) is 5.72. The highest BCUT2D eigenvalue weighted by atomic mass is 35.5. The lowest BCUT2D eigenvalue weighted by Gasteiger charge is -2.26. The van der Waals surface area contributed by atoms with E-state index in [2.05, 4.69) is 17.6 Å². The Kier molecular flexibility index (Phi) is 6.63. The second kappa shape index (κ2) is 8.23. The van der Waals surface area contributed by atoms with Gasteiger partial charge in [0.05, 0.1) is 0 Å². The third-order valence-electron chi connectivity index (χ3n) is 3.95. The van der Waals surface area contributed by atoms with Gasteiger partial charge in [-0.3, -0.25) is 0 Å². The molecule has 1 fully saturated rings. The fraction of sp³-hybridized carbons (Fsp3) is 0.625. The van der Waals surface area contributed by atoms with E-state index in [1.807, 2.05) is 18.2 Å². The molecule has 1 saturated heterocycles. The number of piperidine rings is 1. The van der Waals surface area contributed by atoms with Crippen LogP contribution in [0.3, 0.4) is 0 Å². The van der Waals surface area contributed by atoms with Gasteiger partial charge in [-0.2, -0.15) is 0 Å². The highest BCUT2D eigenvalue weighted by molar-refractivity contribution is 6.35. The zero-order chi connectivity index (χ0) is 14.4. The maximum Gasteiger partial charge on any atom is 0.0453 e. The monoisotopic (exact) mass is 314 g/mol. The van der Waals surface area contributed by atoms with E-state index in [0.717, 1.165) is 23.6 Å². The molecule has 20 heavy (non-hydrogen) atoms. The van der Waals surface area contributed by atoms with Crippen LogP contribution in [0.15, 0.2) is 18.2 Å². The van der Waals surface area contributed by atoms with Gasteiger partial charge < -0.3 is 10.6 Å². The van der Waals surface area contributed by atoms with Crippen LogP contribution >= 0.6 is 23.2 Å². The summed E-state index contributed by atoms with van der Waals surface area (Å²) in [5, 5.41) is 8.65. The van der Waals surface area contributed by atoms with Gasteiger partial charge in [-0.1, -0.05) is 35.7 Å². The lowest BCUT2D eigenvalue weighted by molar-refractivity contribution is 0.346. The van der Waals surface area contributed by atoms with Crippen molar-refractivity contribution in [3.63, 3.8) is 0 Å². The minimum Gasteiger partial charge on any atom is -0.314 e. The Morgan fingerprint density at radius 3 is 2.90 bits per heavy atom. The van der Waals surface area contributed by atoms with Gasteiger partial charge in [-0.05, 0) is 63.4 Å². The van der Waals surface area contributed by atoms with Crippen molar-refractivity contribution >= 4 is 23.2 Å². The highest BCUT2D eigenvalue weighted by Gasteiger charge is 2.15. The van der Waals surface area contributed by atoms with E-state index in [4.69, 9.17) is 23.2 Å². The lowest BCUT2D eigenvalue weighted by Crippen LogP contribution is -2.40. The van der Waals surface area contributed by atoms with Gasteiger partial charge in [0.1, 0.15) is 0 Å². The Balaban J connectivity index is 1.69. The van der Waals surface area contributed by atoms with Crippen molar-refractivity contribution in [3.8, 4) is 0 Å². The number of rotatable bonds is 6. The van der Waals surface area contributed by atoms with Crippen LogP contribution in [0.5, 0.6) is 0 Å². The average Bonchev–Trinajstić information content (AvgIpc) is 2.42. The highest BCUT2D eigenvalue weighted by Crippen LogP contribution is 2.21. The second-order valence-corrected chi connectivity index (χ2v) is 6.57. The molecular formula is C16H24Cl2N2. The average molecular weight is 315 g/mol. The smallest absolute Gasteiger partial charge is 0.0453 e. The fourth-order valence-corrected chi connectivity index (χ4v) is 3.32. The van der Waals surface area contributed by atoms with E-state index in [-0.39, 0.29) is 0 Å². The molecule has 0 spiro atoms. The van der Waals surface area contributed by atoms with Gasteiger partial charge in [0.2, 0.25) is 0 Å². The summed E-state index contributed by atoms with van der Waals surface area (Å²) in [4.78, 5) is 0. The topological polar surface area (TPSA) is 24.1 Å². The molecule has 4 heteroatoms. The zero-order valence-corrected chi connectivity index (χ0v) is 13.6. The first-order chi connectivity index (χ1) is 9.65. The first-order valence-electron chi connectivity index (χ1n) is 7.56. The molecule has 0 aromatic heterocycles. The van der Waals surface area contributed by atoms with Gasteiger partial charge in [-0.15, -0.1) is 0 Å². The summed E-state index contributed by atoms with van der Waals surface area (Å²) in [5.74, 6) is 0. The van der Waals surface area contributed by atoms with Crippen molar-refractivity contribution in [2.75, 3.05) is 13.1 Å². The Labute approximate surface area is 132 Å². The molecular weight excluding hydrogens is 291 g/mol. The SMILES string of the molecule is CC(CC1CCCCN1)NCCc1ccc(Cl)cc1Cl. The number of hydrogen-bond donors (Lipinski definition) is 2. The van der Waals surface area contributed by atoms with E-state index in [9.17, 15) is 0 Å². The molecule has 2 N–H and O–H groups in total. The van der Waals surface area contributed by atoms with Crippen molar-refractivity contribution in [1.29, 1.82) is 0 Å². The van der Waals surface area contributed by atoms with E-state index < -0.39 is 0 Å². The Morgan fingerprint density at radius 2 is 2.20 bits per heavy atom. The molecule has 112 valence electrons. The molecule has 0 bridgehead atoms. The normalized spacial score (nSPS) is 20.9. The minimum atomic E-state index is 0.539. The summed E-state index contributed by atoms with van der Waals surface area (Å²) in [6.07, 6.45) is 6.15. The van der Waals surface area contributed by atoms with Gasteiger partial charge in [0, 0.05) is 22.1 Å². The van der Waals surface area contributed by atoms with Crippen LogP contribution in [0.25, 0.3) is 0 Å². The van der Waals surface area contributed by atoms with Crippen LogP contribution in [-0.2, 0) is 6.42 Å². The van der Waals surface area contributed by atoms with Crippen molar-refractivity contribution in [1.82, 2.24) is 10.6 Å². The number of hydrogen-bond acceptors (Lipinski definition) is 2. The quantitative estimate of drug-likeness (QED) is 0.828. The van der Waals surface area contributed by atoms with Gasteiger partial charge in [0.15, 0.2) is 0 Å². The standard InChI is InChI=1S/C16H24Cl2N2/c1-12(10-15-4-2-3-8-20-15)19-9-7-13-5-6-14(17)11-16(13)18/h5-6,11-12,15,19-20H,2-4,7-10H2,1H3. The molecule has 2 atom stereocenters. The van der Waals surface area contributed by atoms with Crippen LogP contribution in [0, 0.1) is 0 Å². The summed E-state index contributed by atoms with van der Waals surface area (Å²) >= 11 is 12.1. The van der Waals surface area contributed by atoms with Crippen molar-refractivity contribution in [2.45, 2.75) is 51.1 Å². The van der Waals surface area contributed by atoms with Crippen molar-refractivity contribution in [3.05, 3.63) is 33.8 Å². The van der Waals surface area contributed by atoms with Crippen LogP contribution in [-0.4, -0.2) is 25.2 Å². The maximum atomic E-state index is 6.18. The summed E-state index contributed by atoms with van der Waals surface area (Å²) < 4.78 is 0. The van der Waals surface area contributed by atoms with Crippen LogP contribution in [0.4, 0.5) is 0 Å². The minimum absolute atomic E-state index is 0.539. The van der Waals surface area contributed by atoms with Crippen LogP contribution in [0.2, 0.25) is 10.0 Å². The van der Waals surface area contributed by atoms with E-state index in [1.165, 1.54) is 32.2 Å². The summed E-state index contributed by atoms with van der Waals surface area (Å²) in [7, 11) is 0. The number of halogens is 2. The molecule has 2 unspecified atom stereocenters. The predicted octanol–water partition coefficient (Wildman–Crippen LogP) is 4.05. The van der Waals surface area contributed by atoms with E-state index in [1.54, 1.807) is 0 Å². The van der Waals surface area contributed by atoms with E-state index >= 15 is 0 Å². The van der Waals surface area contributed by atoms with Crippen LogP contribution in [0.1, 0.15) is 38.2 Å². The van der Waals surface area contributed by atoms with Crippen LogP contribution < -0.4 is 10.6 Å². The third kappa shape index (κ3) is 5.25. The molecule has 1 aliphatic heterocycles. The molecule has 2 rings (SSSR count). The summed E-state index contributed by atoms with van der Waals surface area (Å²) in [5.41, 5.74) is 1.16. The molecule has 1 heterocycles. The molecule has 1 aliphatic rings. The summed E-state index contributed by atoms with van der Waals surface area (Å²) in [6.45, 7) is 4.40. The Bertz CT molecular complexity index is 417. The van der Waals surface area contributed by atoms with Crippen molar-refractivity contribution in [2.24, 2.45) is 0 Å². The molecule has 0 radical (unpaired) electrons. The maximum absolute atomic E-state index is 6.18. The molecule has 0 saturated carbocycles. The largest absolute Gasteiger partial charge is 0.314 e.